The molecule has 33 heavy (non-hydrogen) atoms. The number of aromatic nitrogens is 2. The summed E-state index contributed by atoms with van der Waals surface area (Å²) >= 11 is 6.32. The van der Waals surface area contributed by atoms with Crippen molar-refractivity contribution in [1.29, 1.82) is 0 Å². The maximum absolute atomic E-state index is 13.1. The van der Waals surface area contributed by atoms with Gasteiger partial charge in [-0.05, 0) is 44.7 Å². The van der Waals surface area contributed by atoms with Gasteiger partial charge in [-0.15, -0.1) is 0 Å². The van der Waals surface area contributed by atoms with Gasteiger partial charge in [0.05, 0.1) is 5.69 Å². The van der Waals surface area contributed by atoms with Crippen LogP contribution in [0.25, 0.3) is 0 Å². The Bertz CT molecular complexity index is 1000. The number of nitrogens with one attached hydrogen (secondary N) is 1. The molecule has 0 spiro atoms. The SMILES string of the molecule is Cc1c(Cl)nc(NC[C@H]2CCCN2C2CCCCC2)c(=O)n1CC(=O)OCc1ccccc1. The van der Waals surface area contributed by atoms with Crippen LogP contribution in [0.2, 0.25) is 5.15 Å². The smallest absolute Gasteiger partial charge is 0.326 e. The lowest BCUT2D eigenvalue weighted by Gasteiger charge is -2.35. The van der Waals surface area contributed by atoms with E-state index in [9.17, 15) is 9.59 Å². The lowest BCUT2D eigenvalue weighted by Crippen LogP contribution is -2.44. The van der Waals surface area contributed by atoms with E-state index < -0.39 is 5.97 Å². The summed E-state index contributed by atoms with van der Waals surface area (Å²) in [4.78, 5) is 32.4. The van der Waals surface area contributed by atoms with Gasteiger partial charge in [0, 0.05) is 18.6 Å². The zero-order valence-corrected chi connectivity index (χ0v) is 20.0. The summed E-state index contributed by atoms with van der Waals surface area (Å²) in [5.41, 5.74) is 0.994. The summed E-state index contributed by atoms with van der Waals surface area (Å²) in [6, 6.07) is 10.5. The van der Waals surface area contributed by atoms with E-state index in [4.69, 9.17) is 16.3 Å². The predicted molar refractivity (Wildman–Crippen MR) is 130 cm³/mol. The number of halogens is 1. The van der Waals surface area contributed by atoms with Gasteiger partial charge in [-0.3, -0.25) is 19.1 Å². The molecule has 1 aliphatic carbocycles. The van der Waals surface area contributed by atoms with Crippen molar-refractivity contribution < 1.29 is 9.53 Å². The van der Waals surface area contributed by atoms with E-state index in [1.165, 1.54) is 43.1 Å². The molecule has 4 rings (SSSR count). The van der Waals surface area contributed by atoms with Gasteiger partial charge in [-0.2, -0.15) is 0 Å². The van der Waals surface area contributed by atoms with E-state index in [1.807, 2.05) is 30.3 Å². The minimum absolute atomic E-state index is 0.163. The van der Waals surface area contributed by atoms with Crippen molar-refractivity contribution in [1.82, 2.24) is 14.5 Å². The largest absolute Gasteiger partial charge is 0.459 e. The monoisotopic (exact) mass is 472 g/mol. The second kappa shape index (κ2) is 11.2. The summed E-state index contributed by atoms with van der Waals surface area (Å²) in [5, 5.41) is 3.45. The fourth-order valence-corrected chi connectivity index (χ4v) is 5.21. The Balaban J connectivity index is 1.40. The van der Waals surface area contributed by atoms with Crippen LogP contribution in [0.1, 0.15) is 56.2 Å². The molecule has 1 saturated carbocycles. The molecule has 0 unspecified atom stereocenters. The highest BCUT2D eigenvalue weighted by Gasteiger charge is 2.31. The molecule has 8 heteroatoms. The molecule has 178 valence electrons. The average Bonchev–Trinajstić information content (AvgIpc) is 3.32. The zero-order valence-electron chi connectivity index (χ0n) is 19.3. The fraction of sp³-hybridized carbons (Fsp3) is 0.560. The number of esters is 1. The highest BCUT2D eigenvalue weighted by Crippen LogP contribution is 2.29. The standard InChI is InChI=1S/C25H33ClN4O3/c1-18-23(26)28-24(27-15-21-13-8-14-29(21)20-11-6-3-7-12-20)25(32)30(18)16-22(31)33-17-19-9-4-2-5-10-19/h2,4-5,9-10,20-21H,3,6-8,11-17H2,1H3,(H,27,28)/t21-/m1/s1. The number of hydrogen-bond donors (Lipinski definition) is 1. The number of carbonyl (C=O) groups is 1. The molecule has 2 aromatic rings. The first-order valence-electron chi connectivity index (χ1n) is 12.0. The van der Waals surface area contributed by atoms with Crippen molar-refractivity contribution in [3.8, 4) is 0 Å². The molecule has 1 N–H and O–H groups in total. The number of likely N-dealkylation sites (tertiary alicyclic amines) is 1. The van der Waals surface area contributed by atoms with Crippen molar-refractivity contribution in [3.05, 3.63) is 57.1 Å². The van der Waals surface area contributed by atoms with E-state index in [0.29, 0.717) is 24.3 Å². The molecule has 0 amide bonds. The van der Waals surface area contributed by atoms with E-state index in [2.05, 4.69) is 15.2 Å². The molecule has 2 aliphatic rings. The maximum Gasteiger partial charge on any atom is 0.326 e. The summed E-state index contributed by atoms with van der Waals surface area (Å²) in [6.07, 6.45) is 8.78. The maximum atomic E-state index is 13.1. The van der Waals surface area contributed by atoms with Crippen molar-refractivity contribution >= 4 is 23.4 Å². The van der Waals surface area contributed by atoms with Gasteiger partial charge in [-0.25, -0.2) is 4.98 Å². The molecule has 1 aromatic carbocycles. The van der Waals surface area contributed by atoms with E-state index >= 15 is 0 Å². The van der Waals surface area contributed by atoms with Crippen LogP contribution >= 0.6 is 11.6 Å². The number of nitrogens with zero attached hydrogens (tertiary/aromatic N) is 3. The first kappa shape index (κ1) is 23.8. The number of hydrogen-bond acceptors (Lipinski definition) is 6. The van der Waals surface area contributed by atoms with Crippen LogP contribution in [0, 0.1) is 6.92 Å². The topological polar surface area (TPSA) is 76.5 Å². The first-order valence-corrected chi connectivity index (χ1v) is 12.4. The minimum Gasteiger partial charge on any atom is -0.459 e. The van der Waals surface area contributed by atoms with Crippen LogP contribution in [0.3, 0.4) is 0 Å². The first-order chi connectivity index (χ1) is 16.0. The Morgan fingerprint density at radius 1 is 1.15 bits per heavy atom. The lowest BCUT2D eigenvalue weighted by atomic mass is 9.94. The molecule has 1 atom stereocenters. The van der Waals surface area contributed by atoms with Crippen LogP contribution in [0.15, 0.2) is 35.1 Å². The minimum atomic E-state index is -0.489. The van der Waals surface area contributed by atoms with E-state index in [-0.39, 0.29) is 29.7 Å². The summed E-state index contributed by atoms with van der Waals surface area (Å²) < 4.78 is 6.70. The van der Waals surface area contributed by atoms with Gasteiger partial charge >= 0.3 is 5.97 Å². The Kier molecular flexibility index (Phi) is 8.04. The third kappa shape index (κ3) is 5.95. The molecule has 2 fully saturated rings. The Morgan fingerprint density at radius 2 is 1.91 bits per heavy atom. The van der Waals surface area contributed by atoms with E-state index in [1.54, 1.807) is 6.92 Å². The number of rotatable bonds is 8. The quantitative estimate of drug-likeness (QED) is 0.581. The highest BCUT2D eigenvalue weighted by atomic mass is 35.5. The molecule has 7 nitrogen and oxygen atoms in total. The van der Waals surface area contributed by atoms with Gasteiger partial charge in [0.25, 0.3) is 5.56 Å². The second-order valence-electron chi connectivity index (χ2n) is 9.08. The molecule has 1 aliphatic heterocycles. The van der Waals surface area contributed by atoms with Crippen LogP contribution in [0.5, 0.6) is 0 Å². The Labute approximate surface area is 200 Å². The van der Waals surface area contributed by atoms with Crippen molar-refractivity contribution in [2.75, 3.05) is 18.4 Å². The Hall–Kier alpha value is -2.38. The molecule has 0 bridgehead atoms. The third-order valence-corrected chi connectivity index (χ3v) is 7.22. The number of carbonyl (C=O) groups excluding carboxylic acids is 1. The second-order valence-corrected chi connectivity index (χ2v) is 9.44. The van der Waals surface area contributed by atoms with Gasteiger partial charge in [0.15, 0.2) is 11.0 Å². The van der Waals surface area contributed by atoms with E-state index in [0.717, 1.165) is 18.5 Å². The molecule has 1 aromatic heterocycles. The van der Waals surface area contributed by atoms with Gasteiger partial charge < -0.3 is 10.1 Å². The number of anilines is 1. The normalized spacial score (nSPS) is 19.5. The number of ether oxygens (including phenoxy) is 1. The molecule has 2 heterocycles. The predicted octanol–water partition coefficient (Wildman–Crippen LogP) is 4.16. The highest BCUT2D eigenvalue weighted by molar-refractivity contribution is 6.30. The van der Waals surface area contributed by atoms with Gasteiger partial charge in [0.1, 0.15) is 13.2 Å². The van der Waals surface area contributed by atoms with Crippen molar-refractivity contribution in [2.24, 2.45) is 0 Å². The fourth-order valence-electron chi connectivity index (χ4n) is 5.02. The van der Waals surface area contributed by atoms with Gasteiger partial charge in [-0.1, -0.05) is 61.2 Å². The summed E-state index contributed by atoms with van der Waals surface area (Å²) in [7, 11) is 0. The van der Waals surface area contributed by atoms with Crippen LogP contribution < -0.4 is 10.9 Å². The Morgan fingerprint density at radius 3 is 2.67 bits per heavy atom. The number of benzene rings is 1. The molecular formula is C25H33ClN4O3. The molecule has 1 saturated heterocycles. The van der Waals surface area contributed by atoms with Crippen LogP contribution in [-0.4, -0.2) is 45.6 Å². The molecule has 0 radical (unpaired) electrons. The molecular weight excluding hydrogens is 440 g/mol. The summed E-state index contributed by atoms with van der Waals surface area (Å²) in [6.45, 7) is 3.42. The average molecular weight is 473 g/mol. The third-order valence-electron chi connectivity index (χ3n) is 6.86. The van der Waals surface area contributed by atoms with Gasteiger partial charge in [0.2, 0.25) is 0 Å². The summed E-state index contributed by atoms with van der Waals surface area (Å²) in [5.74, 6) is -0.298. The lowest BCUT2D eigenvalue weighted by molar-refractivity contribution is -0.145. The zero-order chi connectivity index (χ0) is 23.2. The van der Waals surface area contributed by atoms with Crippen LogP contribution in [0.4, 0.5) is 5.82 Å². The van der Waals surface area contributed by atoms with Crippen LogP contribution in [-0.2, 0) is 22.7 Å². The van der Waals surface area contributed by atoms with Crippen molar-refractivity contribution in [3.63, 3.8) is 0 Å². The van der Waals surface area contributed by atoms with Crippen molar-refractivity contribution in [2.45, 2.75) is 77.1 Å².